The third-order valence-electron chi connectivity index (χ3n) is 4.61. The zero-order valence-corrected chi connectivity index (χ0v) is 17.1. The molecule has 3 aromatic rings. The number of piperidine rings is 1. The molecule has 0 saturated carbocycles. The average Bonchev–Trinajstić information content (AvgIpc) is 3.00. The molecule has 2 aromatic heterocycles. The molecule has 0 radical (unpaired) electrons. The normalized spacial score (nSPS) is 17.8. The van der Waals surface area contributed by atoms with Crippen LogP contribution in [0.5, 0.6) is 0 Å². The van der Waals surface area contributed by atoms with Crippen LogP contribution in [0.2, 0.25) is 5.02 Å². The van der Waals surface area contributed by atoms with Gasteiger partial charge in [0.2, 0.25) is 5.95 Å². The van der Waals surface area contributed by atoms with Crippen LogP contribution in [-0.2, 0) is 6.54 Å². The number of anilines is 1. The molecule has 136 valence electrons. The molecule has 1 aliphatic rings. The van der Waals surface area contributed by atoms with E-state index in [2.05, 4.69) is 20.8 Å². The molecule has 3 heterocycles. The molecular formula is C18H18BrClN4OS. The quantitative estimate of drug-likeness (QED) is 0.654. The van der Waals surface area contributed by atoms with E-state index in [0.29, 0.717) is 28.8 Å². The van der Waals surface area contributed by atoms with Gasteiger partial charge < -0.3 is 10.6 Å². The molecular weight excluding hydrogens is 436 g/mol. The molecule has 0 amide bonds. The van der Waals surface area contributed by atoms with Gasteiger partial charge >= 0.3 is 0 Å². The van der Waals surface area contributed by atoms with Gasteiger partial charge in [0.05, 0.1) is 11.0 Å². The largest absolute Gasteiger partial charge is 0.341 e. The summed E-state index contributed by atoms with van der Waals surface area (Å²) < 4.78 is 3.28. The van der Waals surface area contributed by atoms with Crippen molar-refractivity contribution in [2.45, 2.75) is 25.4 Å². The molecule has 1 atom stereocenters. The van der Waals surface area contributed by atoms with Crippen molar-refractivity contribution in [2.75, 3.05) is 18.0 Å². The number of halogens is 2. The van der Waals surface area contributed by atoms with Gasteiger partial charge in [0.1, 0.15) is 10.2 Å². The van der Waals surface area contributed by atoms with Gasteiger partial charge in [0.25, 0.3) is 5.56 Å². The number of fused-ring (bicyclic) bond motifs is 1. The summed E-state index contributed by atoms with van der Waals surface area (Å²) in [6, 6.07) is 7.66. The summed E-state index contributed by atoms with van der Waals surface area (Å²) in [6.07, 6.45) is 2.00. The van der Waals surface area contributed by atoms with E-state index in [0.717, 1.165) is 34.9 Å². The Morgan fingerprint density at radius 3 is 2.85 bits per heavy atom. The van der Waals surface area contributed by atoms with Gasteiger partial charge in [-0.25, -0.2) is 4.98 Å². The van der Waals surface area contributed by atoms with Crippen LogP contribution in [-0.4, -0.2) is 28.7 Å². The summed E-state index contributed by atoms with van der Waals surface area (Å²) in [5.74, 6) is 0.687. The second-order valence-electron chi connectivity index (χ2n) is 6.54. The molecule has 0 spiro atoms. The van der Waals surface area contributed by atoms with Crippen molar-refractivity contribution in [2.24, 2.45) is 5.73 Å². The predicted molar refractivity (Wildman–Crippen MR) is 112 cm³/mol. The number of aromatic nitrogens is 2. The summed E-state index contributed by atoms with van der Waals surface area (Å²) >= 11 is 10.9. The van der Waals surface area contributed by atoms with Gasteiger partial charge in [0.15, 0.2) is 0 Å². The SMILES string of the molecule is N[C@@H]1CCCN(c2nc3c(Br)csc3c(=O)n2Cc2ccc(Cl)cc2)C1. The molecule has 1 aliphatic heterocycles. The minimum atomic E-state index is -0.0187. The van der Waals surface area contributed by atoms with Crippen LogP contribution in [0.1, 0.15) is 18.4 Å². The summed E-state index contributed by atoms with van der Waals surface area (Å²) in [5.41, 5.74) is 7.88. The Morgan fingerprint density at radius 1 is 1.35 bits per heavy atom. The summed E-state index contributed by atoms with van der Waals surface area (Å²) in [7, 11) is 0. The zero-order chi connectivity index (χ0) is 18.3. The second kappa shape index (κ2) is 7.31. The van der Waals surface area contributed by atoms with Gasteiger partial charge in [-0.2, -0.15) is 0 Å². The van der Waals surface area contributed by atoms with E-state index in [4.69, 9.17) is 22.3 Å². The first-order valence-corrected chi connectivity index (χ1v) is 10.5. The number of hydrogen-bond acceptors (Lipinski definition) is 5. The second-order valence-corrected chi connectivity index (χ2v) is 8.71. The highest BCUT2D eigenvalue weighted by atomic mass is 79.9. The minimum Gasteiger partial charge on any atom is -0.341 e. The lowest BCUT2D eigenvalue weighted by atomic mass is 10.1. The molecule has 5 nitrogen and oxygen atoms in total. The highest BCUT2D eigenvalue weighted by molar-refractivity contribution is 9.10. The molecule has 2 N–H and O–H groups in total. The van der Waals surface area contributed by atoms with E-state index in [1.54, 1.807) is 4.57 Å². The fraction of sp³-hybridized carbons (Fsp3) is 0.333. The molecule has 0 bridgehead atoms. The third-order valence-corrected chi connectivity index (χ3v) is 6.73. The van der Waals surface area contributed by atoms with E-state index < -0.39 is 0 Å². The van der Waals surface area contributed by atoms with E-state index in [-0.39, 0.29) is 11.6 Å². The van der Waals surface area contributed by atoms with Crippen LogP contribution >= 0.6 is 38.9 Å². The molecule has 1 fully saturated rings. The van der Waals surface area contributed by atoms with E-state index in [9.17, 15) is 4.79 Å². The van der Waals surface area contributed by atoms with Gasteiger partial charge in [-0.05, 0) is 46.5 Å². The van der Waals surface area contributed by atoms with E-state index >= 15 is 0 Å². The van der Waals surface area contributed by atoms with Crippen LogP contribution in [0, 0.1) is 0 Å². The van der Waals surface area contributed by atoms with Crippen LogP contribution in [0.3, 0.4) is 0 Å². The lowest BCUT2D eigenvalue weighted by Crippen LogP contribution is -2.45. The van der Waals surface area contributed by atoms with Crippen molar-refractivity contribution < 1.29 is 0 Å². The maximum absolute atomic E-state index is 13.2. The highest BCUT2D eigenvalue weighted by Crippen LogP contribution is 2.29. The van der Waals surface area contributed by atoms with E-state index in [1.807, 2.05) is 29.6 Å². The topological polar surface area (TPSA) is 64.2 Å². The third kappa shape index (κ3) is 3.41. The van der Waals surface area contributed by atoms with Crippen LogP contribution in [0.25, 0.3) is 10.2 Å². The minimum absolute atomic E-state index is 0.0187. The lowest BCUT2D eigenvalue weighted by molar-refractivity contribution is 0.492. The Morgan fingerprint density at radius 2 is 2.12 bits per heavy atom. The number of nitrogens with two attached hydrogens (primary N) is 1. The molecule has 1 saturated heterocycles. The van der Waals surface area contributed by atoms with Gasteiger partial charge in [0, 0.05) is 29.5 Å². The number of hydrogen-bond donors (Lipinski definition) is 1. The highest BCUT2D eigenvalue weighted by Gasteiger charge is 2.23. The first-order chi connectivity index (χ1) is 12.5. The number of rotatable bonds is 3. The fourth-order valence-corrected chi connectivity index (χ4v) is 4.94. The van der Waals surface area contributed by atoms with Crippen molar-refractivity contribution in [1.82, 2.24) is 9.55 Å². The standard InChI is InChI=1S/C18H18BrClN4OS/c19-14-10-26-16-15(14)22-18(23-7-1-2-13(21)9-23)24(17(16)25)8-11-3-5-12(20)6-4-11/h3-6,10,13H,1-2,7-9,21H2/t13-/m1/s1. The fourth-order valence-electron chi connectivity index (χ4n) is 3.31. The van der Waals surface area contributed by atoms with Crippen molar-refractivity contribution in [3.05, 3.63) is 55.1 Å². The summed E-state index contributed by atoms with van der Waals surface area (Å²) in [4.78, 5) is 20.2. The first-order valence-electron chi connectivity index (χ1n) is 8.45. The Balaban J connectivity index is 1.85. The molecule has 0 aliphatic carbocycles. The van der Waals surface area contributed by atoms with Gasteiger partial charge in [-0.15, -0.1) is 11.3 Å². The van der Waals surface area contributed by atoms with Crippen LogP contribution < -0.4 is 16.2 Å². The monoisotopic (exact) mass is 452 g/mol. The maximum atomic E-state index is 13.2. The number of benzene rings is 1. The molecule has 4 rings (SSSR count). The number of thiophene rings is 1. The van der Waals surface area contributed by atoms with Crippen molar-refractivity contribution in [1.29, 1.82) is 0 Å². The predicted octanol–water partition coefficient (Wildman–Crippen LogP) is 3.85. The van der Waals surface area contributed by atoms with Gasteiger partial charge in [-0.1, -0.05) is 23.7 Å². The summed E-state index contributed by atoms with van der Waals surface area (Å²) in [5, 5.41) is 2.59. The number of nitrogens with zero attached hydrogens (tertiary/aromatic N) is 3. The van der Waals surface area contributed by atoms with E-state index in [1.165, 1.54) is 11.3 Å². The summed E-state index contributed by atoms with van der Waals surface area (Å²) in [6.45, 7) is 2.02. The zero-order valence-electron chi connectivity index (χ0n) is 14.0. The van der Waals surface area contributed by atoms with Crippen molar-refractivity contribution in [3.63, 3.8) is 0 Å². The van der Waals surface area contributed by atoms with Gasteiger partial charge in [-0.3, -0.25) is 9.36 Å². The molecule has 8 heteroatoms. The molecule has 0 unspecified atom stereocenters. The van der Waals surface area contributed by atoms with Crippen molar-refractivity contribution in [3.8, 4) is 0 Å². The van der Waals surface area contributed by atoms with Crippen LogP contribution in [0.4, 0.5) is 5.95 Å². The molecule has 26 heavy (non-hydrogen) atoms. The maximum Gasteiger partial charge on any atom is 0.273 e. The lowest BCUT2D eigenvalue weighted by Gasteiger charge is -2.33. The smallest absolute Gasteiger partial charge is 0.273 e. The Labute approximate surface area is 168 Å². The first kappa shape index (κ1) is 18.0. The van der Waals surface area contributed by atoms with Crippen LogP contribution in [0.15, 0.2) is 38.9 Å². The van der Waals surface area contributed by atoms with Crippen molar-refractivity contribution >= 4 is 55.0 Å². The molecule has 1 aromatic carbocycles. The Hall–Kier alpha value is -1.41. The Bertz CT molecular complexity index is 1000. The average molecular weight is 454 g/mol. The Kier molecular flexibility index (Phi) is 5.05.